The predicted octanol–water partition coefficient (Wildman–Crippen LogP) is 2.88. The van der Waals surface area contributed by atoms with Crippen molar-refractivity contribution in [3.8, 4) is 17.6 Å². The number of hydrogen-bond donors (Lipinski definition) is 0. The van der Waals surface area contributed by atoms with Gasteiger partial charge in [0.2, 0.25) is 0 Å². The summed E-state index contributed by atoms with van der Waals surface area (Å²) in [6, 6.07) is 9.38. The van der Waals surface area contributed by atoms with Gasteiger partial charge in [-0.05, 0) is 24.3 Å². The van der Waals surface area contributed by atoms with E-state index in [1.807, 2.05) is 0 Å². The molecular weight excluding hydrogens is 207 g/mol. The molecule has 0 bridgehead atoms. The minimum absolute atomic E-state index is 0.105. The predicted molar refractivity (Wildman–Crippen MR) is 55.4 cm³/mol. The number of halogens is 1. The zero-order chi connectivity index (χ0) is 11.4. The molecule has 16 heavy (non-hydrogen) atoms. The van der Waals surface area contributed by atoms with Gasteiger partial charge < -0.3 is 4.74 Å². The maximum atomic E-state index is 13.2. The fourth-order valence-corrected chi connectivity index (χ4v) is 1.23. The van der Waals surface area contributed by atoms with E-state index in [1.165, 1.54) is 24.4 Å². The van der Waals surface area contributed by atoms with E-state index in [4.69, 9.17) is 10.00 Å². The first-order chi connectivity index (χ1) is 7.81. The monoisotopic (exact) mass is 214 g/mol. The zero-order valence-corrected chi connectivity index (χ0v) is 8.22. The van der Waals surface area contributed by atoms with Crippen LogP contribution in [0.1, 0.15) is 5.56 Å². The Kier molecular flexibility index (Phi) is 2.79. The maximum Gasteiger partial charge on any atom is 0.148 e. The van der Waals surface area contributed by atoms with Crippen molar-refractivity contribution in [1.29, 1.82) is 5.26 Å². The molecule has 0 unspecified atom stereocenters. The molecule has 0 atom stereocenters. The highest BCUT2D eigenvalue weighted by Crippen LogP contribution is 2.25. The molecule has 3 nitrogen and oxygen atoms in total. The molecule has 0 radical (unpaired) electrons. The smallest absolute Gasteiger partial charge is 0.148 e. The van der Waals surface area contributed by atoms with Crippen molar-refractivity contribution in [1.82, 2.24) is 4.98 Å². The standard InChI is InChI=1S/C12H7FN2O/c13-11-4-1-5-12(10(11)7-14)16-9-3-2-6-15-8-9/h1-6,8H. The van der Waals surface area contributed by atoms with Crippen LogP contribution in [0.15, 0.2) is 42.7 Å². The lowest BCUT2D eigenvalue weighted by Gasteiger charge is -2.06. The quantitative estimate of drug-likeness (QED) is 0.772. The largest absolute Gasteiger partial charge is 0.454 e. The Morgan fingerprint density at radius 1 is 1.25 bits per heavy atom. The van der Waals surface area contributed by atoms with Crippen molar-refractivity contribution >= 4 is 0 Å². The van der Waals surface area contributed by atoms with Gasteiger partial charge in [-0.15, -0.1) is 0 Å². The molecule has 0 aliphatic carbocycles. The van der Waals surface area contributed by atoms with Gasteiger partial charge in [0.05, 0.1) is 6.20 Å². The Bertz CT molecular complexity index is 534. The first-order valence-electron chi connectivity index (χ1n) is 4.58. The van der Waals surface area contributed by atoms with Crippen molar-refractivity contribution < 1.29 is 9.13 Å². The van der Waals surface area contributed by atoms with Crippen LogP contribution in [0.25, 0.3) is 0 Å². The number of hydrogen-bond acceptors (Lipinski definition) is 3. The minimum atomic E-state index is -0.594. The number of nitriles is 1. The highest BCUT2D eigenvalue weighted by Gasteiger charge is 2.09. The van der Waals surface area contributed by atoms with Crippen molar-refractivity contribution in [3.63, 3.8) is 0 Å². The fraction of sp³-hybridized carbons (Fsp3) is 0. The molecule has 1 aromatic carbocycles. The first kappa shape index (κ1) is 10.1. The molecule has 0 saturated heterocycles. The molecule has 0 aliphatic rings. The van der Waals surface area contributed by atoms with E-state index in [0.717, 1.165) is 0 Å². The van der Waals surface area contributed by atoms with Crippen molar-refractivity contribution in [2.24, 2.45) is 0 Å². The molecule has 2 rings (SSSR count). The second-order valence-corrected chi connectivity index (χ2v) is 3.02. The Labute approximate surface area is 91.7 Å². The van der Waals surface area contributed by atoms with Crippen LogP contribution in [0.4, 0.5) is 4.39 Å². The van der Waals surface area contributed by atoms with Gasteiger partial charge in [0.25, 0.3) is 0 Å². The number of ether oxygens (including phenoxy) is 1. The summed E-state index contributed by atoms with van der Waals surface area (Å²) in [4.78, 5) is 3.86. The molecular formula is C12H7FN2O. The number of rotatable bonds is 2. The van der Waals surface area contributed by atoms with E-state index >= 15 is 0 Å². The summed E-state index contributed by atoms with van der Waals surface area (Å²) in [6.07, 6.45) is 3.09. The van der Waals surface area contributed by atoms with Crippen LogP contribution in [-0.4, -0.2) is 4.98 Å². The van der Waals surface area contributed by atoms with Crippen LogP contribution in [0, 0.1) is 17.1 Å². The maximum absolute atomic E-state index is 13.2. The number of benzene rings is 1. The van der Waals surface area contributed by atoms with Crippen LogP contribution < -0.4 is 4.74 Å². The molecule has 4 heteroatoms. The summed E-state index contributed by atoms with van der Waals surface area (Å²) >= 11 is 0. The van der Waals surface area contributed by atoms with Gasteiger partial charge in [-0.25, -0.2) is 4.39 Å². The molecule has 78 valence electrons. The summed E-state index contributed by atoms with van der Waals surface area (Å²) in [5.74, 6) is 0.0593. The topological polar surface area (TPSA) is 45.9 Å². The Morgan fingerprint density at radius 3 is 2.81 bits per heavy atom. The van der Waals surface area contributed by atoms with Crippen molar-refractivity contribution in [2.45, 2.75) is 0 Å². The molecule has 0 aliphatic heterocycles. The Morgan fingerprint density at radius 2 is 2.12 bits per heavy atom. The molecule has 0 fully saturated rings. The summed E-state index contributed by atoms with van der Waals surface area (Å²) in [7, 11) is 0. The summed E-state index contributed by atoms with van der Waals surface area (Å²) in [5, 5.41) is 8.79. The van der Waals surface area contributed by atoms with Gasteiger partial charge >= 0.3 is 0 Å². The van der Waals surface area contributed by atoms with Crippen LogP contribution >= 0.6 is 0 Å². The molecule has 1 heterocycles. The number of aromatic nitrogens is 1. The summed E-state index contributed by atoms with van der Waals surface area (Å²) < 4.78 is 18.6. The van der Waals surface area contributed by atoms with E-state index in [0.29, 0.717) is 5.75 Å². The van der Waals surface area contributed by atoms with E-state index in [1.54, 1.807) is 24.4 Å². The Hall–Kier alpha value is -2.41. The lowest BCUT2D eigenvalue weighted by molar-refractivity contribution is 0.472. The van der Waals surface area contributed by atoms with Crippen molar-refractivity contribution in [3.05, 3.63) is 54.1 Å². The third-order valence-corrected chi connectivity index (χ3v) is 1.95. The van der Waals surface area contributed by atoms with Crippen LogP contribution in [0.3, 0.4) is 0 Å². The van der Waals surface area contributed by atoms with Gasteiger partial charge in [0.1, 0.15) is 28.9 Å². The van der Waals surface area contributed by atoms with Crippen molar-refractivity contribution in [2.75, 3.05) is 0 Å². The second-order valence-electron chi connectivity index (χ2n) is 3.02. The summed E-state index contributed by atoms with van der Waals surface area (Å²) in [5.41, 5.74) is -0.105. The molecule has 1 aromatic heterocycles. The lowest BCUT2D eigenvalue weighted by atomic mass is 10.2. The van der Waals surface area contributed by atoms with Gasteiger partial charge in [0, 0.05) is 6.20 Å². The lowest BCUT2D eigenvalue weighted by Crippen LogP contribution is -1.91. The Balaban J connectivity index is 2.36. The van der Waals surface area contributed by atoms with E-state index in [2.05, 4.69) is 4.98 Å². The minimum Gasteiger partial charge on any atom is -0.454 e. The zero-order valence-electron chi connectivity index (χ0n) is 8.22. The molecule has 2 aromatic rings. The average Bonchev–Trinajstić information content (AvgIpc) is 2.31. The van der Waals surface area contributed by atoms with Crippen LogP contribution in [0.2, 0.25) is 0 Å². The average molecular weight is 214 g/mol. The highest BCUT2D eigenvalue weighted by molar-refractivity contribution is 5.45. The van der Waals surface area contributed by atoms with Crippen LogP contribution in [0.5, 0.6) is 11.5 Å². The fourth-order valence-electron chi connectivity index (χ4n) is 1.23. The molecule has 0 N–H and O–H groups in total. The van der Waals surface area contributed by atoms with E-state index in [9.17, 15) is 4.39 Å². The number of pyridine rings is 1. The van der Waals surface area contributed by atoms with Crippen LogP contribution in [-0.2, 0) is 0 Å². The van der Waals surface area contributed by atoms with Gasteiger partial charge in [0.15, 0.2) is 0 Å². The molecule has 0 amide bonds. The summed E-state index contributed by atoms with van der Waals surface area (Å²) in [6.45, 7) is 0. The normalized spacial score (nSPS) is 9.50. The van der Waals surface area contributed by atoms with Gasteiger partial charge in [-0.2, -0.15) is 5.26 Å². The SMILES string of the molecule is N#Cc1c(F)cccc1Oc1cccnc1. The highest BCUT2D eigenvalue weighted by atomic mass is 19.1. The molecule has 0 saturated carbocycles. The van der Waals surface area contributed by atoms with Gasteiger partial charge in [-0.3, -0.25) is 4.98 Å². The molecule has 0 spiro atoms. The second kappa shape index (κ2) is 4.41. The third kappa shape index (κ3) is 1.98. The van der Waals surface area contributed by atoms with Gasteiger partial charge in [-0.1, -0.05) is 6.07 Å². The first-order valence-corrected chi connectivity index (χ1v) is 4.58. The van der Waals surface area contributed by atoms with E-state index in [-0.39, 0.29) is 11.3 Å². The third-order valence-electron chi connectivity index (χ3n) is 1.95. The number of nitrogens with zero attached hydrogens (tertiary/aromatic N) is 2. The van der Waals surface area contributed by atoms with E-state index < -0.39 is 5.82 Å².